The molecule has 0 aliphatic heterocycles. The van der Waals surface area contributed by atoms with Crippen molar-refractivity contribution in [3.05, 3.63) is 168 Å². The number of halogens is 2. The van der Waals surface area contributed by atoms with E-state index in [9.17, 15) is 0 Å². The SMILES string of the molecule is C1=CCC(c2cc3c(-c4cccc5ccccc45)cccc3[cH-]2)C1.C[Si]C.Cc1cc2c(-c3cccc4ccccc34)ccc(C)c2[cH-]1.[Cl][Zr+2][Cl]. The van der Waals surface area contributed by atoms with Crippen LogP contribution in [0.4, 0.5) is 0 Å². The zero-order chi connectivity index (χ0) is 35.7. The Morgan fingerprint density at radius 2 is 1.06 bits per heavy atom. The first-order chi connectivity index (χ1) is 25.0. The van der Waals surface area contributed by atoms with Gasteiger partial charge in [-0.05, 0) is 51.4 Å². The minimum atomic E-state index is -0.826. The molecule has 0 spiro atoms. The van der Waals surface area contributed by atoms with Gasteiger partial charge in [0, 0.05) is 9.52 Å². The van der Waals surface area contributed by atoms with Crippen LogP contribution in [0.5, 0.6) is 0 Å². The molecule has 4 heteroatoms. The van der Waals surface area contributed by atoms with Gasteiger partial charge >= 0.3 is 37.9 Å². The Kier molecular flexibility index (Phi) is 13.0. The molecule has 8 aromatic carbocycles. The van der Waals surface area contributed by atoms with Gasteiger partial charge in [0.25, 0.3) is 0 Å². The van der Waals surface area contributed by atoms with Gasteiger partial charge in [-0.15, -0.1) is 68.6 Å². The monoisotopic (exact) mass is 794 g/mol. The van der Waals surface area contributed by atoms with Gasteiger partial charge in [0.1, 0.15) is 0 Å². The molecule has 0 heterocycles. The van der Waals surface area contributed by atoms with Gasteiger partial charge in [-0.2, -0.15) is 12.1 Å². The van der Waals surface area contributed by atoms with Crippen LogP contribution >= 0.6 is 17.0 Å². The van der Waals surface area contributed by atoms with Crippen LogP contribution in [-0.2, 0) is 20.8 Å². The molecule has 0 aromatic heterocycles. The first-order valence-electron chi connectivity index (χ1n) is 17.5. The molecule has 51 heavy (non-hydrogen) atoms. The Morgan fingerprint density at radius 1 is 0.569 bits per heavy atom. The molecule has 2 radical (unpaired) electrons. The maximum absolute atomic E-state index is 4.93. The van der Waals surface area contributed by atoms with Crippen LogP contribution in [-0.4, -0.2) is 9.52 Å². The summed E-state index contributed by atoms with van der Waals surface area (Å²) in [6.07, 6.45) is 6.99. The second-order valence-electron chi connectivity index (χ2n) is 13.2. The normalized spacial score (nSPS) is 12.2. The van der Waals surface area contributed by atoms with E-state index < -0.39 is 20.8 Å². The van der Waals surface area contributed by atoms with E-state index in [4.69, 9.17) is 17.0 Å². The molecule has 0 N–H and O–H groups in total. The molecule has 0 atom stereocenters. The molecule has 0 saturated carbocycles. The van der Waals surface area contributed by atoms with Gasteiger partial charge in [-0.1, -0.05) is 147 Å². The van der Waals surface area contributed by atoms with Crippen molar-refractivity contribution in [3.63, 3.8) is 0 Å². The first-order valence-corrected chi connectivity index (χ1v) is 25.8. The van der Waals surface area contributed by atoms with Gasteiger partial charge < -0.3 is 0 Å². The van der Waals surface area contributed by atoms with Crippen molar-refractivity contribution in [3.8, 4) is 22.3 Å². The van der Waals surface area contributed by atoms with E-state index in [1.165, 1.54) is 94.9 Å². The summed E-state index contributed by atoms with van der Waals surface area (Å²) in [5.74, 6) is 0.665. The molecule has 0 fully saturated rings. The molecule has 0 bridgehead atoms. The van der Waals surface area contributed by atoms with Gasteiger partial charge in [-0.25, -0.2) is 0 Å². The summed E-state index contributed by atoms with van der Waals surface area (Å²) in [7, 11) is 11.0. The van der Waals surface area contributed by atoms with Crippen LogP contribution in [0.3, 0.4) is 0 Å². The number of benzene rings is 6. The van der Waals surface area contributed by atoms with Crippen LogP contribution in [0.1, 0.15) is 35.4 Å². The topological polar surface area (TPSA) is 0 Å². The molecule has 252 valence electrons. The molecule has 0 unspecified atom stereocenters. The zero-order valence-electron chi connectivity index (χ0n) is 29.7. The summed E-state index contributed by atoms with van der Waals surface area (Å²) in [6, 6.07) is 51.1. The molecule has 8 aromatic rings. The Bertz CT molecular complexity index is 2390. The predicted octanol–water partition coefficient (Wildman–Crippen LogP) is 15.0. The van der Waals surface area contributed by atoms with Crippen molar-refractivity contribution < 1.29 is 20.8 Å². The number of aryl methyl sites for hydroxylation is 2. The molecule has 0 nitrogen and oxygen atoms in total. The van der Waals surface area contributed by atoms with Crippen LogP contribution in [0.2, 0.25) is 13.1 Å². The molecule has 1 aliphatic carbocycles. The summed E-state index contributed by atoms with van der Waals surface area (Å²) in [6.45, 7) is 8.67. The van der Waals surface area contributed by atoms with Gasteiger partial charge in [0.05, 0.1) is 0 Å². The number of allylic oxidation sites excluding steroid dienone is 2. The van der Waals surface area contributed by atoms with Crippen molar-refractivity contribution in [1.29, 1.82) is 0 Å². The Balaban J connectivity index is 0.000000154. The Hall–Kier alpha value is -3.52. The third-order valence-electron chi connectivity index (χ3n) is 9.66. The van der Waals surface area contributed by atoms with Crippen molar-refractivity contribution in [2.75, 3.05) is 0 Å². The van der Waals surface area contributed by atoms with E-state index in [-0.39, 0.29) is 0 Å². The molecular weight excluding hydrogens is 755 g/mol. The van der Waals surface area contributed by atoms with Crippen molar-refractivity contribution >= 4 is 69.6 Å². The minimum absolute atomic E-state index is 0.665. The molecule has 0 amide bonds. The van der Waals surface area contributed by atoms with Crippen molar-refractivity contribution in [1.82, 2.24) is 0 Å². The van der Waals surface area contributed by atoms with Crippen LogP contribution in [0.15, 0.2) is 152 Å². The maximum atomic E-state index is 4.93. The predicted molar refractivity (Wildman–Crippen MR) is 225 cm³/mol. The van der Waals surface area contributed by atoms with Crippen LogP contribution < -0.4 is 0 Å². The second-order valence-corrected chi connectivity index (χ2v) is 17.9. The number of hydrogen-bond acceptors (Lipinski definition) is 0. The fourth-order valence-electron chi connectivity index (χ4n) is 7.36. The molecule has 9 rings (SSSR count). The summed E-state index contributed by atoms with van der Waals surface area (Å²) >= 11 is -0.826. The summed E-state index contributed by atoms with van der Waals surface area (Å²) < 4.78 is 0. The van der Waals surface area contributed by atoms with E-state index in [1.807, 2.05) is 0 Å². The summed E-state index contributed by atoms with van der Waals surface area (Å²) in [4.78, 5) is 0. The average Bonchev–Trinajstić information content (AvgIpc) is 3.93. The van der Waals surface area contributed by atoms with E-state index in [1.54, 1.807) is 0 Å². The molecule has 1 aliphatic rings. The third-order valence-corrected chi connectivity index (χ3v) is 9.66. The van der Waals surface area contributed by atoms with Crippen LogP contribution in [0, 0.1) is 13.8 Å². The van der Waals surface area contributed by atoms with Crippen LogP contribution in [0.25, 0.3) is 65.3 Å². The zero-order valence-corrected chi connectivity index (χ0v) is 34.7. The summed E-state index contributed by atoms with van der Waals surface area (Å²) in [5.41, 5.74) is 9.51. The summed E-state index contributed by atoms with van der Waals surface area (Å²) in [5, 5.41) is 10.7. The fourth-order valence-corrected chi connectivity index (χ4v) is 7.36. The standard InChI is InChI=1S/C24H19.C21H17.C2H6Si.2ClH.Zr/c1-2-8-17(7-1)20-15-19-11-6-14-23(24(19)16-20)22-13-5-10-18-9-3-4-12-21(18)22;1-14-12-20-15(2)10-11-19(21(20)13-14)18-9-5-7-16-6-3-4-8-17(16)18;1-3-2;;;/h1-6,9-17H,7-8H2;3-13H,1-2H3;1-2H3;2*1H;/q2*-1;;;;+4/p-2. The Morgan fingerprint density at radius 3 is 1.65 bits per heavy atom. The van der Waals surface area contributed by atoms with E-state index in [2.05, 4.69) is 179 Å². The molecule has 0 saturated heterocycles. The van der Waals surface area contributed by atoms with Crippen molar-refractivity contribution in [2.45, 2.75) is 45.7 Å². The first kappa shape index (κ1) is 37.2. The third kappa shape index (κ3) is 8.42. The van der Waals surface area contributed by atoms with E-state index in [0.717, 1.165) is 9.52 Å². The van der Waals surface area contributed by atoms with Gasteiger partial charge in [0.15, 0.2) is 0 Å². The van der Waals surface area contributed by atoms with Gasteiger partial charge in [-0.3, -0.25) is 0 Å². The van der Waals surface area contributed by atoms with E-state index >= 15 is 0 Å². The number of hydrogen-bond donors (Lipinski definition) is 0. The average molecular weight is 797 g/mol. The van der Waals surface area contributed by atoms with E-state index in [0.29, 0.717) is 5.92 Å². The number of fused-ring (bicyclic) bond motifs is 4. The molecular formula is C47H42Cl2SiZr. The Labute approximate surface area is 324 Å². The quantitative estimate of drug-likeness (QED) is 0.0949. The van der Waals surface area contributed by atoms with Gasteiger partial charge in [0.2, 0.25) is 0 Å². The number of rotatable bonds is 3. The second kappa shape index (κ2) is 17.8. The fraction of sp³-hybridized carbons (Fsp3) is 0.149. The van der Waals surface area contributed by atoms with Crippen molar-refractivity contribution in [2.24, 2.45) is 0 Å².